The minimum absolute atomic E-state index is 0.659. The van der Waals surface area contributed by atoms with Crippen molar-refractivity contribution in [3.63, 3.8) is 0 Å². The minimum Gasteiger partial charge on any atom is -0.456 e. The monoisotopic (exact) mass is 763 g/mol. The van der Waals surface area contributed by atoms with Gasteiger partial charge >= 0.3 is 0 Å². The van der Waals surface area contributed by atoms with E-state index in [9.17, 15) is 0 Å². The number of rotatable bonds is 5. The van der Waals surface area contributed by atoms with E-state index >= 15 is 0 Å². The van der Waals surface area contributed by atoms with Gasteiger partial charge in [0.15, 0.2) is 17.5 Å². The Kier molecular flexibility index (Phi) is 7.24. The third-order valence-electron chi connectivity index (χ3n) is 10.9. The smallest absolute Gasteiger partial charge is 0.164 e. The van der Waals surface area contributed by atoms with Gasteiger partial charge in [-0.15, -0.1) is 22.7 Å². The zero-order chi connectivity index (χ0) is 37.5. The van der Waals surface area contributed by atoms with Crippen LogP contribution in [0.2, 0.25) is 0 Å². The van der Waals surface area contributed by atoms with Gasteiger partial charge in [0.25, 0.3) is 0 Å². The molecule has 0 fully saturated rings. The number of thiophene rings is 2. The van der Waals surface area contributed by atoms with Crippen molar-refractivity contribution in [1.29, 1.82) is 0 Å². The summed E-state index contributed by atoms with van der Waals surface area (Å²) in [7, 11) is 0. The van der Waals surface area contributed by atoms with Crippen LogP contribution in [0.1, 0.15) is 0 Å². The zero-order valence-electron chi connectivity index (χ0n) is 30.3. The van der Waals surface area contributed by atoms with Crippen molar-refractivity contribution in [3.05, 3.63) is 176 Å². The predicted octanol–water partition coefficient (Wildman–Crippen LogP) is 14.8. The number of furan rings is 1. The molecule has 6 heteroatoms. The van der Waals surface area contributed by atoms with E-state index in [-0.39, 0.29) is 0 Å². The summed E-state index contributed by atoms with van der Waals surface area (Å²) in [6.07, 6.45) is 0. The van der Waals surface area contributed by atoms with E-state index in [1.54, 1.807) is 0 Å². The summed E-state index contributed by atoms with van der Waals surface area (Å²) in [5.41, 5.74) is 9.49. The van der Waals surface area contributed by atoms with E-state index in [2.05, 4.69) is 109 Å². The summed E-state index contributed by atoms with van der Waals surface area (Å²) in [4.78, 5) is 14.9. The first kappa shape index (κ1) is 32.3. The van der Waals surface area contributed by atoms with Gasteiger partial charge in [0.05, 0.1) is 0 Å². The molecule has 0 amide bonds. The van der Waals surface area contributed by atoms with E-state index in [1.165, 1.54) is 62.6 Å². The molecule has 0 saturated heterocycles. The number of hydrogen-bond donors (Lipinski definition) is 0. The maximum Gasteiger partial charge on any atom is 0.164 e. The number of aromatic nitrogens is 3. The summed E-state index contributed by atoms with van der Waals surface area (Å²) in [6.45, 7) is 0. The van der Waals surface area contributed by atoms with Crippen molar-refractivity contribution in [2.75, 3.05) is 0 Å². The normalized spacial score (nSPS) is 11.9. The maximum atomic E-state index is 6.36. The van der Waals surface area contributed by atoms with Crippen molar-refractivity contribution in [2.24, 2.45) is 0 Å². The third-order valence-corrected chi connectivity index (χ3v) is 13.3. The average Bonchev–Trinajstić information content (AvgIpc) is 3.97. The molecule has 0 aliphatic rings. The van der Waals surface area contributed by atoms with Gasteiger partial charge in [-0.05, 0) is 59.2 Å². The van der Waals surface area contributed by atoms with Gasteiger partial charge in [-0.1, -0.05) is 133 Å². The quantitative estimate of drug-likeness (QED) is 0.175. The van der Waals surface area contributed by atoms with Crippen LogP contribution in [-0.4, -0.2) is 15.0 Å². The van der Waals surface area contributed by atoms with Crippen LogP contribution in [0.3, 0.4) is 0 Å². The highest BCUT2D eigenvalue weighted by molar-refractivity contribution is 7.26. The Hall–Kier alpha value is -6.99. The fourth-order valence-corrected chi connectivity index (χ4v) is 10.6. The summed E-state index contributed by atoms with van der Waals surface area (Å²) < 4.78 is 11.4. The summed E-state index contributed by atoms with van der Waals surface area (Å²) >= 11 is 3.68. The number of para-hydroxylation sites is 1. The first-order valence-electron chi connectivity index (χ1n) is 18.9. The second-order valence-electron chi connectivity index (χ2n) is 14.3. The molecule has 0 bridgehead atoms. The Morgan fingerprint density at radius 1 is 0.333 bits per heavy atom. The summed E-state index contributed by atoms with van der Waals surface area (Å²) in [6, 6.07) is 62.1. The van der Waals surface area contributed by atoms with Gasteiger partial charge in [0, 0.05) is 73.4 Å². The number of fused-ring (bicyclic) bond motifs is 9. The molecule has 0 unspecified atom stereocenters. The number of hydrogen-bond acceptors (Lipinski definition) is 6. The van der Waals surface area contributed by atoms with Crippen LogP contribution in [0, 0.1) is 0 Å². The van der Waals surface area contributed by atoms with E-state index in [0.717, 1.165) is 38.6 Å². The molecule has 57 heavy (non-hydrogen) atoms. The van der Waals surface area contributed by atoms with Crippen molar-refractivity contribution in [3.8, 4) is 56.4 Å². The Morgan fingerprint density at radius 3 is 1.65 bits per heavy atom. The molecule has 4 aromatic heterocycles. The van der Waals surface area contributed by atoms with Crippen molar-refractivity contribution in [1.82, 2.24) is 15.0 Å². The first-order chi connectivity index (χ1) is 28.2. The molecule has 12 rings (SSSR count). The van der Waals surface area contributed by atoms with Crippen LogP contribution in [0.5, 0.6) is 0 Å². The molecular weight excluding hydrogens is 735 g/mol. The molecule has 0 spiro atoms. The standard InChI is InChI=1S/C51H29N3OS2/c1-3-12-30(13-4-1)49-52-50(31-14-5-2-6-15-31)54-51(53-49)33-23-25-37-36-24-22-32(28-45(36)56-46(37)29-33)34-26-40-35-16-8-10-21-44(35)57-48(40)41(27-34)38-18-11-20-43-47(38)39-17-7-9-19-42(39)55-43/h1-29H. The molecular formula is C51H29N3OS2. The van der Waals surface area contributed by atoms with E-state index in [4.69, 9.17) is 19.4 Å². The van der Waals surface area contributed by atoms with Crippen LogP contribution in [-0.2, 0) is 0 Å². The molecule has 0 radical (unpaired) electrons. The minimum atomic E-state index is 0.659. The molecule has 4 nitrogen and oxygen atoms in total. The second-order valence-corrected chi connectivity index (χ2v) is 16.5. The molecule has 0 N–H and O–H groups in total. The van der Waals surface area contributed by atoms with Crippen LogP contribution in [0.15, 0.2) is 180 Å². The topological polar surface area (TPSA) is 51.8 Å². The molecule has 0 aliphatic heterocycles. The average molecular weight is 764 g/mol. The van der Waals surface area contributed by atoms with Crippen LogP contribution < -0.4 is 0 Å². The Balaban J connectivity index is 1.01. The van der Waals surface area contributed by atoms with E-state index < -0.39 is 0 Å². The third kappa shape index (κ3) is 5.30. The molecule has 0 atom stereocenters. The molecule has 12 aromatic rings. The fourth-order valence-electron chi connectivity index (χ4n) is 8.23. The summed E-state index contributed by atoms with van der Waals surface area (Å²) in [5, 5.41) is 7.32. The fraction of sp³-hybridized carbons (Fsp3) is 0. The molecule has 0 saturated carbocycles. The van der Waals surface area contributed by atoms with Crippen LogP contribution in [0.4, 0.5) is 0 Å². The van der Waals surface area contributed by atoms with Crippen LogP contribution in [0.25, 0.3) is 119 Å². The first-order valence-corrected chi connectivity index (χ1v) is 20.6. The van der Waals surface area contributed by atoms with Crippen molar-refractivity contribution in [2.45, 2.75) is 0 Å². The van der Waals surface area contributed by atoms with Gasteiger partial charge in [-0.3, -0.25) is 0 Å². The van der Waals surface area contributed by atoms with Crippen molar-refractivity contribution >= 4 is 85.0 Å². The van der Waals surface area contributed by atoms with Gasteiger partial charge in [0.1, 0.15) is 11.2 Å². The SMILES string of the molecule is c1ccc(-c2nc(-c3ccccc3)nc(-c3ccc4c(c3)sc3cc(-c5cc(-c6cccc7oc8ccccc8c67)c6sc7ccccc7c6c5)ccc34)n2)cc1. The highest BCUT2D eigenvalue weighted by atomic mass is 32.1. The lowest BCUT2D eigenvalue weighted by Crippen LogP contribution is -1.99. The van der Waals surface area contributed by atoms with Gasteiger partial charge < -0.3 is 4.42 Å². The molecule has 4 heterocycles. The number of benzene rings is 8. The Labute approximate surface area is 335 Å². The predicted molar refractivity (Wildman–Crippen MR) is 240 cm³/mol. The van der Waals surface area contributed by atoms with Gasteiger partial charge in [-0.25, -0.2) is 15.0 Å². The lowest BCUT2D eigenvalue weighted by molar-refractivity contribution is 0.669. The Morgan fingerprint density at radius 2 is 0.912 bits per heavy atom. The molecule has 0 aliphatic carbocycles. The lowest BCUT2D eigenvalue weighted by Gasteiger charge is -2.10. The van der Waals surface area contributed by atoms with Crippen molar-refractivity contribution < 1.29 is 4.42 Å². The Bertz CT molecular complexity index is 3470. The largest absolute Gasteiger partial charge is 0.456 e. The number of nitrogens with zero attached hydrogens (tertiary/aromatic N) is 3. The van der Waals surface area contributed by atoms with Crippen LogP contribution >= 0.6 is 22.7 Å². The maximum absolute atomic E-state index is 6.36. The molecule has 266 valence electrons. The van der Waals surface area contributed by atoms with Gasteiger partial charge in [-0.2, -0.15) is 0 Å². The zero-order valence-corrected chi connectivity index (χ0v) is 31.9. The van der Waals surface area contributed by atoms with E-state index in [0.29, 0.717) is 17.5 Å². The molecule has 8 aromatic carbocycles. The summed E-state index contributed by atoms with van der Waals surface area (Å²) in [5.74, 6) is 1.98. The second kappa shape index (κ2) is 12.8. The highest BCUT2D eigenvalue weighted by Crippen LogP contribution is 2.47. The highest BCUT2D eigenvalue weighted by Gasteiger charge is 2.19. The lowest BCUT2D eigenvalue weighted by atomic mass is 9.93. The van der Waals surface area contributed by atoms with Gasteiger partial charge in [0.2, 0.25) is 0 Å². The van der Waals surface area contributed by atoms with E-state index in [1.807, 2.05) is 89.4 Å².